The molecule has 1 aromatic heterocycles. The molecule has 0 fully saturated rings. The number of benzene rings is 1. The molecule has 1 aromatic carbocycles. The van der Waals surface area contributed by atoms with Crippen molar-refractivity contribution in [1.29, 1.82) is 0 Å². The maximum Gasteiger partial charge on any atom is 0.327 e. The summed E-state index contributed by atoms with van der Waals surface area (Å²) in [5.41, 5.74) is 2.73. The van der Waals surface area contributed by atoms with Crippen molar-refractivity contribution in [3.05, 3.63) is 63.4 Å². The van der Waals surface area contributed by atoms with Gasteiger partial charge in [0.25, 0.3) is 0 Å². The first-order valence-corrected chi connectivity index (χ1v) is 7.45. The summed E-state index contributed by atoms with van der Waals surface area (Å²) < 4.78 is 4.89. The summed E-state index contributed by atoms with van der Waals surface area (Å²) in [5, 5.41) is 3.81. The van der Waals surface area contributed by atoms with Crippen LogP contribution in [0.2, 0.25) is 10.3 Å². The van der Waals surface area contributed by atoms with Crippen LogP contribution in [-0.4, -0.2) is 18.1 Å². The van der Waals surface area contributed by atoms with E-state index in [4.69, 9.17) is 27.9 Å². The molecule has 0 aliphatic carbocycles. The number of pyridine rings is 1. The maximum absolute atomic E-state index is 12.1. The Bertz CT molecular complexity index is 657. The normalized spacial score (nSPS) is 12.0. The van der Waals surface area contributed by atoms with Gasteiger partial charge in [-0.3, -0.25) is 5.32 Å². The Labute approximate surface area is 139 Å². The second-order valence-electron chi connectivity index (χ2n) is 4.81. The van der Waals surface area contributed by atoms with E-state index < -0.39 is 6.04 Å². The molecule has 1 atom stereocenters. The standard InChI is InChI=1S/C16H16Cl2N2O2/c1-10-5-3-4-6-12(10)15(16(21)22-2)19-9-11-7-13(17)20-14(18)8-11/h3-8,15,19H,9H2,1-2H3. The maximum atomic E-state index is 12.1. The molecule has 22 heavy (non-hydrogen) atoms. The largest absolute Gasteiger partial charge is 0.468 e. The van der Waals surface area contributed by atoms with Crippen LogP contribution in [0.3, 0.4) is 0 Å². The van der Waals surface area contributed by atoms with E-state index in [9.17, 15) is 4.79 Å². The van der Waals surface area contributed by atoms with Crippen molar-refractivity contribution in [1.82, 2.24) is 10.3 Å². The fourth-order valence-electron chi connectivity index (χ4n) is 2.18. The highest BCUT2D eigenvalue weighted by molar-refractivity contribution is 6.32. The third kappa shape index (κ3) is 4.19. The Balaban J connectivity index is 2.21. The molecule has 2 rings (SSSR count). The molecule has 4 nitrogen and oxygen atoms in total. The molecule has 116 valence electrons. The second kappa shape index (κ2) is 7.58. The molecule has 0 bridgehead atoms. The van der Waals surface area contributed by atoms with E-state index in [1.54, 1.807) is 12.1 Å². The van der Waals surface area contributed by atoms with Crippen molar-refractivity contribution in [2.45, 2.75) is 19.5 Å². The molecule has 1 heterocycles. The van der Waals surface area contributed by atoms with Crippen LogP contribution in [0.5, 0.6) is 0 Å². The van der Waals surface area contributed by atoms with E-state index in [1.807, 2.05) is 31.2 Å². The number of carbonyl (C=O) groups excluding carboxylic acids is 1. The van der Waals surface area contributed by atoms with Crippen molar-refractivity contribution in [2.24, 2.45) is 0 Å². The highest BCUT2D eigenvalue weighted by Gasteiger charge is 2.22. The molecule has 0 radical (unpaired) electrons. The average molecular weight is 339 g/mol. The average Bonchev–Trinajstić information content (AvgIpc) is 2.47. The first-order valence-electron chi connectivity index (χ1n) is 6.70. The molecule has 0 saturated carbocycles. The number of hydrogen-bond donors (Lipinski definition) is 1. The SMILES string of the molecule is COC(=O)C(NCc1cc(Cl)nc(Cl)c1)c1ccccc1C. The van der Waals surface area contributed by atoms with Crippen molar-refractivity contribution in [3.63, 3.8) is 0 Å². The summed E-state index contributed by atoms with van der Waals surface area (Å²) in [7, 11) is 1.37. The molecule has 1 N–H and O–H groups in total. The van der Waals surface area contributed by atoms with Crippen LogP contribution in [0.15, 0.2) is 36.4 Å². The number of nitrogens with one attached hydrogen (secondary N) is 1. The van der Waals surface area contributed by atoms with Gasteiger partial charge in [-0.25, -0.2) is 9.78 Å². The smallest absolute Gasteiger partial charge is 0.327 e. The van der Waals surface area contributed by atoms with Gasteiger partial charge in [-0.15, -0.1) is 0 Å². The van der Waals surface area contributed by atoms with Crippen molar-refractivity contribution < 1.29 is 9.53 Å². The second-order valence-corrected chi connectivity index (χ2v) is 5.59. The van der Waals surface area contributed by atoms with E-state index in [2.05, 4.69) is 10.3 Å². The number of rotatable bonds is 5. The molecule has 0 aliphatic heterocycles. The van der Waals surface area contributed by atoms with Crippen LogP contribution in [0, 0.1) is 6.92 Å². The Kier molecular flexibility index (Phi) is 5.77. The third-order valence-corrected chi connectivity index (χ3v) is 3.66. The number of aryl methyl sites for hydroxylation is 1. The van der Waals surface area contributed by atoms with Gasteiger partial charge < -0.3 is 4.74 Å². The number of carbonyl (C=O) groups is 1. The Morgan fingerprint density at radius 3 is 2.50 bits per heavy atom. The van der Waals surface area contributed by atoms with Gasteiger partial charge in [-0.1, -0.05) is 47.5 Å². The molecular formula is C16H16Cl2N2O2. The predicted molar refractivity (Wildman–Crippen MR) is 87.0 cm³/mol. The van der Waals surface area contributed by atoms with E-state index >= 15 is 0 Å². The lowest BCUT2D eigenvalue weighted by Gasteiger charge is -2.19. The quantitative estimate of drug-likeness (QED) is 0.667. The Hall–Kier alpha value is -1.62. The van der Waals surface area contributed by atoms with Crippen LogP contribution in [-0.2, 0) is 16.1 Å². The number of hydrogen-bond acceptors (Lipinski definition) is 4. The topological polar surface area (TPSA) is 51.2 Å². The number of ether oxygens (including phenoxy) is 1. The van der Waals surface area contributed by atoms with E-state index in [-0.39, 0.29) is 5.97 Å². The summed E-state index contributed by atoms with van der Waals surface area (Å²) >= 11 is 11.8. The molecule has 2 aromatic rings. The number of esters is 1. The lowest BCUT2D eigenvalue weighted by atomic mass is 10.0. The van der Waals surface area contributed by atoms with Gasteiger partial charge in [-0.2, -0.15) is 0 Å². The fraction of sp³-hybridized carbons (Fsp3) is 0.250. The predicted octanol–water partition coefficient (Wildman–Crippen LogP) is 3.70. The summed E-state index contributed by atoms with van der Waals surface area (Å²) in [6, 6.07) is 10.5. The summed E-state index contributed by atoms with van der Waals surface area (Å²) in [4.78, 5) is 16.0. The van der Waals surface area contributed by atoms with Crippen LogP contribution in [0.25, 0.3) is 0 Å². The highest BCUT2D eigenvalue weighted by atomic mass is 35.5. The van der Waals surface area contributed by atoms with Gasteiger partial charge in [0.05, 0.1) is 7.11 Å². The first-order chi connectivity index (χ1) is 10.5. The van der Waals surface area contributed by atoms with Crippen LogP contribution >= 0.6 is 23.2 Å². The molecular weight excluding hydrogens is 323 g/mol. The number of nitrogens with zero attached hydrogens (tertiary/aromatic N) is 1. The monoisotopic (exact) mass is 338 g/mol. The molecule has 0 saturated heterocycles. The van der Waals surface area contributed by atoms with E-state index in [0.29, 0.717) is 16.9 Å². The van der Waals surface area contributed by atoms with Crippen LogP contribution < -0.4 is 5.32 Å². The molecule has 0 spiro atoms. The zero-order valence-corrected chi connectivity index (χ0v) is 13.8. The lowest BCUT2D eigenvalue weighted by molar-refractivity contribution is -0.143. The van der Waals surface area contributed by atoms with Gasteiger partial charge in [0.2, 0.25) is 0 Å². The van der Waals surface area contributed by atoms with Crippen molar-refractivity contribution >= 4 is 29.2 Å². The minimum atomic E-state index is -0.558. The van der Waals surface area contributed by atoms with Gasteiger partial charge in [0.1, 0.15) is 16.3 Å². The zero-order valence-electron chi connectivity index (χ0n) is 12.3. The lowest BCUT2D eigenvalue weighted by Crippen LogP contribution is -2.30. The first kappa shape index (κ1) is 16.7. The van der Waals surface area contributed by atoms with Crippen molar-refractivity contribution in [3.8, 4) is 0 Å². The summed E-state index contributed by atoms with van der Waals surface area (Å²) in [5.74, 6) is -0.347. The third-order valence-electron chi connectivity index (χ3n) is 3.27. The minimum Gasteiger partial charge on any atom is -0.468 e. The van der Waals surface area contributed by atoms with Gasteiger partial charge >= 0.3 is 5.97 Å². The van der Waals surface area contributed by atoms with Crippen LogP contribution in [0.4, 0.5) is 0 Å². The molecule has 0 amide bonds. The summed E-state index contributed by atoms with van der Waals surface area (Å²) in [6.07, 6.45) is 0. The van der Waals surface area contributed by atoms with Crippen molar-refractivity contribution in [2.75, 3.05) is 7.11 Å². The van der Waals surface area contributed by atoms with Gasteiger partial charge in [0.15, 0.2) is 0 Å². The molecule has 6 heteroatoms. The Morgan fingerprint density at radius 1 is 1.27 bits per heavy atom. The number of aromatic nitrogens is 1. The van der Waals surface area contributed by atoms with E-state index in [0.717, 1.165) is 16.7 Å². The summed E-state index contributed by atoms with van der Waals surface area (Å²) in [6.45, 7) is 2.36. The van der Waals surface area contributed by atoms with Crippen LogP contribution in [0.1, 0.15) is 22.7 Å². The Morgan fingerprint density at radius 2 is 1.91 bits per heavy atom. The van der Waals surface area contributed by atoms with E-state index in [1.165, 1.54) is 7.11 Å². The fourth-order valence-corrected chi connectivity index (χ4v) is 2.69. The number of methoxy groups -OCH3 is 1. The van der Waals surface area contributed by atoms with Gasteiger partial charge in [0, 0.05) is 6.54 Å². The number of halogens is 2. The van der Waals surface area contributed by atoms with Gasteiger partial charge in [-0.05, 0) is 35.7 Å². The highest BCUT2D eigenvalue weighted by Crippen LogP contribution is 2.20. The zero-order chi connectivity index (χ0) is 16.1. The molecule has 1 unspecified atom stereocenters. The molecule has 0 aliphatic rings. The minimum absolute atomic E-state index is 0.315.